The Hall–Kier alpha value is -5.27. The first-order valence-corrected chi connectivity index (χ1v) is 13.2. The molecule has 41 heavy (non-hydrogen) atoms. The third kappa shape index (κ3) is 6.00. The SMILES string of the molecule is CCN(CC)C(=O)Oc1ccc(C=NNC(=O)c2nnn(-c3nonc3N)c2CN2CCCc3ccccc32)cc1. The first-order valence-electron chi connectivity index (χ1n) is 13.2. The molecular weight excluding hydrogens is 528 g/mol. The first kappa shape index (κ1) is 27.3. The lowest BCUT2D eigenvalue weighted by molar-refractivity contribution is 0.0949. The third-order valence-corrected chi connectivity index (χ3v) is 6.71. The molecule has 4 aromatic rings. The van der Waals surface area contributed by atoms with Crippen LogP contribution in [0.4, 0.5) is 16.3 Å². The Morgan fingerprint density at radius 2 is 1.93 bits per heavy atom. The van der Waals surface area contributed by atoms with Crippen LogP contribution in [0.25, 0.3) is 5.82 Å². The number of hydrogen-bond acceptors (Lipinski definition) is 11. The number of carbonyl (C=O) groups excluding carboxylic acids is 2. The average Bonchev–Trinajstić information content (AvgIpc) is 3.60. The lowest BCUT2D eigenvalue weighted by atomic mass is 10.0. The second-order valence-corrected chi connectivity index (χ2v) is 9.23. The maximum atomic E-state index is 13.2. The molecule has 0 aliphatic carbocycles. The van der Waals surface area contributed by atoms with Gasteiger partial charge in [0.2, 0.25) is 11.6 Å². The van der Waals surface area contributed by atoms with E-state index in [0.29, 0.717) is 36.6 Å². The molecule has 3 N–H and O–H groups in total. The molecular formula is C27H30N10O4. The minimum absolute atomic E-state index is 0.0198. The number of aryl methyl sites for hydroxylation is 1. The predicted octanol–water partition coefficient (Wildman–Crippen LogP) is 2.79. The number of amides is 2. The fourth-order valence-electron chi connectivity index (χ4n) is 4.57. The van der Waals surface area contributed by atoms with Gasteiger partial charge in [-0.25, -0.2) is 14.8 Å². The minimum Gasteiger partial charge on any atom is -0.410 e. The summed E-state index contributed by atoms with van der Waals surface area (Å²) in [6, 6.07) is 14.9. The van der Waals surface area contributed by atoms with Crippen LogP contribution in [0.5, 0.6) is 5.75 Å². The van der Waals surface area contributed by atoms with Crippen LogP contribution in [0.1, 0.15) is 47.6 Å². The molecule has 1 aliphatic rings. The molecule has 5 rings (SSSR count). The summed E-state index contributed by atoms with van der Waals surface area (Å²) in [4.78, 5) is 29.1. The molecule has 0 saturated carbocycles. The number of nitrogens with zero attached hydrogens (tertiary/aromatic N) is 8. The molecule has 2 aromatic heterocycles. The molecule has 0 fully saturated rings. The van der Waals surface area contributed by atoms with Crippen molar-refractivity contribution < 1.29 is 19.0 Å². The number of para-hydroxylation sites is 1. The van der Waals surface area contributed by atoms with Crippen molar-refractivity contribution in [3.8, 4) is 11.6 Å². The molecule has 3 heterocycles. The van der Waals surface area contributed by atoms with Crippen molar-refractivity contribution in [1.82, 2.24) is 35.6 Å². The third-order valence-electron chi connectivity index (χ3n) is 6.71. The summed E-state index contributed by atoms with van der Waals surface area (Å²) in [7, 11) is 0. The number of hydrazone groups is 1. The second-order valence-electron chi connectivity index (χ2n) is 9.23. The van der Waals surface area contributed by atoms with Crippen LogP contribution in [0, 0.1) is 0 Å². The average molecular weight is 559 g/mol. The number of benzene rings is 2. The highest BCUT2D eigenvalue weighted by Gasteiger charge is 2.27. The first-order chi connectivity index (χ1) is 20.0. The van der Waals surface area contributed by atoms with Crippen molar-refractivity contribution in [3.63, 3.8) is 0 Å². The summed E-state index contributed by atoms with van der Waals surface area (Å²) in [5.74, 6) is 0.00589. The van der Waals surface area contributed by atoms with Crippen molar-refractivity contribution in [1.29, 1.82) is 0 Å². The van der Waals surface area contributed by atoms with Crippen molar-refractivity contribution in [2.45, 2.75) is 33.2 Å². The standard InChI is InChI=1S/C27H30N10O4/c1-3-35(4-2)27(39)40-20-13-11-18(12-14-20)16-29-31-26(38)23-22(37(34-30-23)25-24(28)32-41-33-25)17-36-15-7-9-19-8-5-6-10-21(19)36/h5-6,8,10-14,16H,3-4,7,9,15,17H2,1-2H3,(H2,28,32)(H,31,38). The number of fused-ring (bicyclic) bond motifs is 1. The summed E-state index contributed by atoms with van der Waals surface area (Å²) in [5.41, 5.74) is 11.9. The van der Waals surface area contributed by atoms with Crippen LogP contribution in [0.3, 0.4) is 0 Å². The minimum atomic E-state index is -0.562. The number of anilines is 2. The molecule has 0 saturated heterocycles. The lowest BCUT2D eigenvalue weighted by Gasteiger charge is -2.31. The maximum absolute atomic E-state index is 13.2. The summed E-state index contributed by atoms with van der Waals surface area (Å²) in [6.07, 6.45) is 3.00. The molecule has 0 radical (unpaired) electrons. The van der Waals surface area contributed by atoms with E-state index in [2.05, 4.69) is 48.2 Å². The van der Waals surface area contributed by atoms with Crippen molar-refractivity contribution >= 4 is 29.7 Å². The quantitative estimate of drug-likeness (QED) is 0.230. The topological polar surface area (TPSA) is 170 Å². The Bertz CT molecular complexity index is 1540. The highest BCUT2D eigenvalue weighted by molar-refractivity contribution is 5.94. The molecule has 0 atom stereocenters. The molecule has 2 aromatic carbocycles. The number of carbonyl (C=O) groups is 2. The van der Waals surface area contributed by atoms with Gasteiger partial charge in [-0.1, -0.05) is 23.4 Å². The summed E-state index contributed by atoms with van der Waals surface area (Å²) in [6.45, 7) is 5.99. The molecule has 2 amide bonds. The van der Waals surface area contributed by atoms with Gasteiger partial charge in [-0.3, -0.25) is 4.79 Å². The van der Waals surface area contributed by atoms with Crippen LogP contribution in [0.2, 0.25) is 0 Å². The van der Waals surface area contributed by atoms with Crippen molar-refractivity contribution in [2.75, 3.05) is 30.3 Å². The van der Waals surface area contributed by atoms with E-state index in [1.54, 1.807) is 29.2 Å². The fraction of sp³-hybridized carbons (Fsp3) is 0.296. The van der Waals surface area contributed by atoms with Gasteiger partial charge in [0, 0.05) is 25.3 Å². The molecule has 1 aliphatic heterocycles. The lowest BCUT2D eigenvalue weighted by Crippen LogP contribution is -2.33. The van der Waals surface area contributed by atoms with Gasteiger partial charge in [0.15, 0.2) is 5.69 Å². The van der Waals surface area contributed by atoms with Crippen LogP contribution in [-0.2, 0) is 13.0 Å². The Labute approximate surface area is 235 Å². The number of ether oxygens (including phenoxy) is 1. The van der Waals surface area contributed by atoms with Crippen LogP contribution in [0.15, 0.2) is 58.3 Å². The Balaban J connectivity index is 1.32. The van der Waals surface area contributed by atoms with E-state index < -0.39 is 12.0 Å². The highest BCUT2D eigenvalue weighted by Crippen LogP contribution is 2.29. The number of nitrogen functional groups attached to an aromatic ring is 1. The van der Waals surface area contributed by atoms with Crippen molar-refractivity contribution in [3.05, 3.63) is 71.0 Å². The number of hydrogen-bond donors (Lipinski definition) is 2. The van der Waals surface area contributed by atoms with Gasteiger partial charge >= 0.3 is 6.09 Å². The fourth-order valence-corrected chi connectivity index (χ4v) is 4.57. The highest BCUT2D eigenvalue weighted by atomic mass is 16.6. The molecule has 0 bridgehead atoms. The number of nitrogens with one attached hydrogen (secondary N) is 1. The smallest absolute Gasteiger partial charge is 0.410 e. The molecule has 0 spiro atoms. The zero-order chi connectivity index (χ0) is 28.8. The Morgan fingerprint density at radius 1 is 1.15 bits per heavy atom. The van der Waals surface area contributed by atoms with E-state index in [1.807, 2.05) is 26.0 Å². The van der Waals surface area contributed by atoms with E-state index in [-0.39, 0.29) is 17.3 Å². The monoisotopic (exact) mass is 558 g/mol. The largest absolute Gasteiger partial charge is 0.415 e. The van der Waals surface area contributed by atoms with Gasteiger partial charge in [0.25, 0.3) is 5.91 Å². The van der Waals surface area contributed by atoms with Gasteiger partial charge in [-0.2, -0.15) is 9.78 Å². The van der Waals surface area contributed by atoms with Gasteiger partial charge in [-0.15, -0.1) is 5.10 Å². The molecule has 0 unspecified atom stereocenters. The summed E-state index contributed by atoms with van der Waals surface area (Å²) in [5, 5.41) is 19.8. The van der Waals surface area contributed by atoms with Crippen LogP contribution in [-0.4, -0.2) is 68.1 Å². The van der Waals surface area contributed by atoms with E-state index in [1.165, 1.54) is 16.5 Å². The Morgan fingerprint density at radius 3 is 2.66 bits per heavy atom. The van der Waals surface area contributed by atoms with Gasteiger partial charge in [-0.05, 0) is 78.5 Å². The van der Waals surface area contributed by atoms with E-state index >= 15 is 0 Å². The summed E-state index contributed by atoms with van der Waals surface area (Å²) < 4.78 is 11.5. The predicted molar refractivity (Wildman–Crippen MR) is 150 cm³/mol. The zero-order valence-electron chi connectivity index (χ0n) is 22.7. The summed E-state index contributed by atoms with van der Waals surface area (Å²) >= 11 is 0. The molecule has 14 heteroatoms. The van der Waals surface area contributed by atoms with Gasteiger partial charge < -0.3 is 20.3 Å². The van der Waals surface area contributed by atoms with E-state index in [0.717, 1.165) is 25.1 Å². The number of rotatable bonds is 9. The number of aromatic nitrogens is 5. The molecule has 14 nitrogen and oxygen atoms in total. The van der Waals surface area contributed by atoms with Gasteiger partial charge in [0.1, 0.15) is 5.75 Å². The Kier molecular flexibility index (Phi) is 8.18. The van der Waals surface area contributed by atoms with Crippen molar-refractivity contribution in [2.24, 2.45) is 5.10 Å². The normalized spacial score (nSPS) is 12.8. The number of nitrogens with two attached hydrogens (primary N) is 1. The molecule has 212 valence electrons. The second kappa shape index (κ2) is 12.3. The van der Waals surface area contributed by atoms with E-state index in [9.17, 15) is 9.59 Å². The van der Waals surface area contributed by atoms with Crippen LogP contribution < -0.4 is 20.8 Å². The zero-order valence-corrected chi connectivity index (χ0v) is 22.7. The maximum Gasteiger partial charge on any atom is 0.415 e. The van der Waals surface area contributed by atoms with Crippen LogP contribution >= 0.6 is 0 Å². The van der Waals surface area contributed by atoms with E-state index in [4.69, 9.17) is 15.1 Å². The van der Waals surface area contributed by atoms with Gasteiger partial charge in [0.05, 0.1) is 18.5 Å².